The van der Waals surface area contributed by atoms with Crippen molar-refractivity contribution >= 4 is 36.4 Å². The quantitative estimate of drug-likeness (QED) is 0.880. The van der Waals surface area contributed by atoms with E-state index in [9.17, 15) is 4.79 Å². The number of nitrogens with one attached hydrogen (secondary N) is 1. The minimum atomic E-state index is 0. The number of ether oxygens (including phenoxy) is 1. The van der Waals surface area contributed by atoms with Gasteiger partial charge in [-0.25, -0.2) is 0 Å². The third-order valence-corrected chi connectivity index (χ3v) is 4.62. The van der Waals surface area contributed by atoms with Crippen LogP contribution in [0.5, 0.6) is 5.75 Å². The minimum Gasteiger partial charge on any atom is -0.497 e. The number of methoxy groups -OCH3 is 1. The number of halogens is 2. The van der Waals surface area contributed by atoms with Crippen LogP contribution in [0.15, 0.2) is 24.3 Å². The summed E-state index contributed by atoms with van der Waals surface area (Å²) in [5.74, 6) is 1.16. The van der Waals surface area contributed by atoms with Crippen LogP contribution >= 0.6 is 24.8 Å². The fraction of sp³-hybridized carbons (Fsp3) is 0.588. The molecule has 1 aromatic rings. The molecule has 0 aliphatic carbocycles. The van der Waals surface area contributed by atoms with Crippen molar-refractivity contribution in [1.29, 1.82) is 0 Å². The smallest absolute Gasteiger partial charge is 0.239 e. The maximum Gasteiger partial charge on any atom is 0.239 e. The van der Waals surface area contributed by atoms with E-state index >= 15 is 0 Å². The molecule has 1 amide bonds. The van der Waals surface area contributed by atoms with Crippen molar-refractivity contribution in [3.63, 3.8) is 0 Å². The Bertz CT molecular complexity index is 516. The van der Waals surface area contributed by atoms with E-state index in [-0.39, 0.29) is 36.8 Å². The first-order chi connectivity index (χ1) is 10.8. The standard InChI is InChI=1S/C17H25N3O2.2ClH/c1-22-15-6-4-5-14(13-15)19-9-11-20(12-10-19)17(21)16-7-2-3-8-18-16;;/h4-6,13,16,18H,2-3,7-12H2,1H3;2*1H. The predicted molar refractivity (Wildman–Crippen MR) is 102 cm³/mol. The van der Waals surface area contributed by atoms with E-state index in [4.69, 9.17) is 4.74 Å². The largest absolute Gasteiger partial charge is 0.497 e. The molecule has 1 atom stereocenters. The molecule has 2 fully saturated rings. The van der Waals surface area contributed by atoms with Crippen LogP contribution in [0, 0.1) is 0 Å². The van der Waals surface area contributed by atoms with Crippen LogP contribution in [0.4, 0.5) is 5.69 Å². The Hall–Kier alpha value is -1.17. The summed E-state index contributed by atoms with van der Waals surface area (Å²) in [7, 11) is 1.69. The van der Waals surface area contributed by atoms with Crippen molar-refractivity contribution in [2.24, 2.45) is 0 Å². The average Bonchev–Trinajstić information content (AvgIpc) is 2.62. The molecule has 0 radical (unpaired) electrons. The monoisotopic (exact) mass is 375 g/mol. The van der Waals surface area contributed by atoms with E-state index in [1.54, 1.807) is 7.11 Å². The molecule has 7 heteroatoms. The summed E-state index contributed by atoms with van der Waals surface area (Å²) in [6.07, 6.45) is 3.33. The molecule has 3 rings (SSSR count). The lowest BCUT2D eigenvalue weighted by atomic mass is 10.0. The zero-order chi connectivity index (χ0) is 15.4. The summed E-state index contributed by atoms with van der Waals surface area (Å²) in [5.41, 5.74) is 1.17. The minimum absolute atomic E-state index is 0. The molecule has 5 nitrogen and oxygen atoms in total. The van der Waals surface area contributed by atoms with E-state index < -0.39 is 0 Å². The summed E-state index contributed by atoms with van der Waals surface area (Å²) in [6, 6.07) is 8.16. The number of rotatable bonds is 3. The van der Waals surface area contributed by atoms with Gasteiger partial charge in [-0.2, -0.15) is 0 Å². The molecule has 24 heavy (non-hydrogen) atoms. The highest BCUT2D eigenvalue weighted by atomic mass is 35.5. The molecule has 0 spiro atoms. The van der Waals surface area contributed by atoms with E-state index in [1.807, 2.05) is 17.0 Å². The molecule has 0 aromatic heterocycles. The van der Waals surface area contributed by atoms with Crippen LogP contribution in [-0.2, 0) is 4.79 Å². The third-order valence-electron chi connectivity index (χ3n) is 4.62. The number of piperidine rings is 1. The first-order valence-corrected chi connectivity index (χ1v) is 8.19. The van der Waals surface area contributed by atoms with Gasteiger partial charge in [0, 0.05) is 37.9 Å². The Morgan fingerprint density at radius 2 is 1.92 bits per heavy atom. The Morgan fingerprint density at radius 3 is 2.54 bits per heavy atom. The molecule has 0 saturated carbocycles. The molecule has 2 saturated heterocycles. The van der Waals surface area contributed by atoms with E-state index in [0.29, 0.717) is 0 Å². The second-order valence-corrected chi connectivity index (χ2v) is 6.02. The van der Waals surface area contributed by atoms with Gasteiger partial charge in [0.05, 0.1) is 13.2 Å². The van der Waals surface area contributed by atoms with Crippen molar-refractivity contribution in [3.05, 3.63) is 24.3 Å². The number of nitrogens with zero attached hydrogens (tertiary/aromatic N) is 2. The predicted octanol–water partition coefficient (Wildman–Crippen LogP) is 2.33. The van der Waals surface area contributed by atoms with Crippen LogP contribution in [0.3, 0.4) is 0 Å². The summed E-state index contributed by atoms with van der Waals surface area (Å²) >= 11 is 0. The van der Waals surface area contributed by atoms with Gasteiger partial charge in [0.15, 0.2) is 0 Å². The van der Waals surface area contributed by atoms with Crippen LogP contribution in [0.2, 0.25) is 0 Å². The van der Waals surface area contributed by atoms with Crippen LogP contribution in [0.25, 0.3) is 0 Å². The topological polar surface area (TPSA) is 44.8 Å². The van der Waals surface area contributed by atoms with E-state index in [0.717, 1.165) is 51.3 Å². The number of carbonyl (C=O) groups excluding carboxylic acids is 1. The van der Waals surface area contributed by atoms with Crippen LogP contribution in [-0.4, -0.2) is 56.7 Å². The van der Waals surface area contributed by atoms with Gasteiger partial charge in [-0.1, -0.05) is 12.5 Å². The van der Waals surface area contributed by atoms with Gasteiger partial charge in [0.2, 0.25) is 5.91 Å². The van der Waals surface area contributed by atoms with Crippen molar-refractivity contribution in [2.75, 3.05) is 44.7 Å². The van der Waals surface area contributed by atoms with E-state index in [1.165, 1.54) is 12.1 Å². The molecule has 2 aliphatic heterocycles. The number of carbonyl (C=O) groups is 1. The van der Waals surface area contributed by atoms with Crippen molar-refractivity contribution in [2.45, 2.75) is 25.3 Å². The van der Waals surface area contributed by atoms with Gasteiger partial charge in [0.1, 0.15) is 5.75 Å². The van der Waals surface area contributed by atoms with Gasteiger partial charge in [-0.15, -0.1) is 24.8 Å². The SMILES string of the molecule is COc1cccc(N2CCN(C(=O)C3CCCCN3)CC2)c1.Cl.Cl. The molecular weight excluding hydrogens is 349 g/mol. The summed E-state index contributed by atoms with van der Waals surface area (Å²) in [4.78, 5) is 16.9. The molecule has 1 aromatic carbocycles. The third kappa shape index (κ3) is 4.91. The van der Waals surface area contributed by atoms with Gasteiger partial charge in [-0.3, -0.25) is 4.79 Å². The zero-order valence-corrected chi connectivity index (χ0v) is 15.7. The lowest BCUT2D eigenvalue weighted by Gasteiger charge is -2.38. The molecule has 136 valence electrons. The van der Waals surface area contributed by atoms with Crippen molar-refractivity contribution in [3.8, 4) is 5.75 Å². The molecule has 1 N–H and O–H groups in total. The lowest BCUT2D eigenvalue weighted by molar-refractivity contribution is -0.134. The number of amides is 1. The number of anilines is 1. The van der Waals surface area contributed by atoms with Gasteiger partial charge in [-0.05, 0) is 31.5 Å². The second kappa shape index (κ2) is 9.97. The highest BCUT2D eigenvalue weighted by Crippen LogP contribution is 2.22. The summed E-state index contributed by atoms with van der Waals surface area (Å²) in [6.45, 7) is 4.33. The Balaban J connectivity index is 0.00000144. The van der Waals surface area contributed by atoms with Crippen LogP contribution < -0.4 is 15.0 Å². The Labute approximate surface area is 156 Å². The number of hydrogen-bond acceptors (Lipinski definition) is 4. The van der Waals surface area contributed by atoms with Gasteiger partial charge >= 0.3 is 0 Å². The first kappa shape index (κ1) is 20.9. The lowest BCUT2D eigenvalue weighted by Crippen LogP contribution is -2.55. The highest BCUT2D eigenvalue weighted by Gasteiger charge is 2.28. The maximum atomic E-state index is 12.5. The van der Waals surface area contributed by atoms with Gasteiger partial charge in [0.25, 0.3) is 0 Å². The van der Waals surface area contributed by atoms with Crippen LogP contribution in [0.1, 0.15) is 19.3 Å². The molecule has 2 heterocycles. The van der Waals surface area contributed by atoms with Gasteiger partial charge < -0.3 is 19.9 Å². The number of piperazine rings is 1. The number of hydrogen-bond donors (Lipinski definition) is 1. The highest BCUT2D eigenvalue weighted by molar-refractivity contribution is 5.85. The molecule has 0 bridgehead atoms. The Kier molecular flexibility index (Phi) is 8.67. The first-order valence-electron chi connectivity index (χ1n) is 8.19. The Morgan fingerprint density at radius 1 is 1.17 bits per heavy atom. The fourth-order valence-electron chi connectivity index (χ4n) is 3.28. The maximum absolute atomic E-state index is 12.5. The summed E-state index contributed by atoms with van der Waals surface area (Å²) < 4.78 is 5.28. The summed E-state index contributed by atoms with van der Waals surface area (Å²) in [5, 5.41) is 3.35. The van der Waals surface area contributed by atoms with Crippen molar-refractivity contribution < 1.29 is 9.53 Å². The second-order valence-electron chi connectivity index (χ2n) is 6.02. The average molecular weight is 376 g/mol. The van der Waals surface area contributed by atoms with Crippen molar-refractivity contribution in [1.82, 2.24) is 10.2 Å². The zero-order valence-electron chi connectivity index (χ0n) is 14.1. The molecular formula is C17H27Cl2N3O2. The van der Waals surface area contributed by atoms with E-state index in [2.05, 4.69) is 22.3 Å². The number of benzene rings is 1. The molecule has 1 unspecified atom stereocenters. The molecule has 2 aliphatic rings. The normalized spacial score (nSPS) is 20.6. The fourth-order valence-corrected chi connectivity index (χ4v) is 3.28.